The Bertz CT molecular complexity index is 763. The van der Waals surface area contributed by atoms with Crippen molar-refractivity contribution in [3.05, 3.63) is 69.3 Å². The molecular weight excluding hydrogens is 270 g/mol. The standard InChI is InChI=1S/C15H11N3O3/c1-10-5-6-11(9-16)7-14(10)17-15(19)12-3-2-4-13(8-12)18(20)21/h2-8H,1H3,(H,17,19). The van der Waals surface area contributed by atoms with Crippen molar-refractivity contribution in [3.63, 3.8) is 0 Å². The lowest BCUT2D eigenvalue weighted by Crippen LogP contribution is -2.13. The predicted molar refractivity (Wildman–Crippen MR) is 76.9 cm³/mol. The first-order valence-electron chi connectivity index (χ1n) is 6.08. The zero-order valence-corrected chi connectivity index (χ0v) is 11.2. The second-order valence-corrected chi connectivity index (χ2v) is 4.40. The zero-order chi connectivity index (χ0) is 15.4. The summed E-state index contributed by atoms with van der Waals surface area (Å²) in [6.07, 6.45) is 0. The van der Waals surface area contributed by atoms with E-state index >= 15 is 0 Å². The molecule has 0 unspecified atom stereocenters. The molecule has 0 bridgehead atoms. The molecule has 0 heterocycles. The number of anilines is 1. The van der Waals surface area contributed by atoms with Gasteiger partial charge in [0.25, 0.3) is 11.6 Å². The highest BCUT2D eigenvalue weighted by atomic mass is 16.6. The van der Waals surface area contributed by atoms with Crippen LogP contribution in [0.25, 0.3) is 0 Å². The summed E-state index contributed by atoms with van der Waals surface area (Å²) in [5.74, 6) is -0.461. The van der Waals surface area contributed by atoms with Crippen LogP contribution >= 0.6 is 0 Å². The number of nitrogens with zero attached hydrogens (tertiary/aromatic N) is 2. The van der Waals surface area contributed by atoms with E-state index in [1.807, 2.05) is 6.07 Å². The molecule has 2 aromatic carbocycles. The van der Waals surface area contributed by atoms with Crippen LogP contribution in [0.5, 0.6) is 0 Å². The molecule has 0 saturated carbocycles. The largest absolute Gasteiger partial charge is 0.322 e. The molecule has 21 heavy (non-hydrogen) atoms. The number of nitro benzene ring substituents is 1. The minimum atomic E-state index is -0.557. The highest BCUT2D eigenvalue weighted by Crippen LogP contribution is 2.19. The van der Waals surface area contributed by atoms with Crippen LogP contribution in [0.3, 0.4) is 0 Å². The molecule has 6 nitrogen and oxygen atoms in total. The summed E-state index contributed by atoms with van der Waals surface area (Å²) in [5.41, 5.74) is 1.77. The van der Waals surface area contributed by atoms with Crippen molar-refractivity contribution in [2.75, 3.05) is 5.32 Å². The van der Waals surface area contributed by atoms with Crippen LogP contribution in [0.1, 0.15) is 21.5 Å². The van der Waals surface area contributed by atoms with Crippen LogP contribution in [0, 0.1) is 28.4 Å². The molecule has 0 fully saturated rings. The Morgan fingerprint density at radius 3 is 2.71 bits per heavy atom. The summed E-state index contributed by atoms with van der Waals surface area (Å²) in [5, 5.41) is 22.2. The van der Waals surface area contributed by atoms with Gasteiger partial charge in [-0.05, 0) is 30.7 Å². The van der Waals surface area contributed by atoms with Crippen molar-refractivity contribution >= 4 is 17.3 Å². The Morgan fingerprint density at radius 1 is 1.29 bits per heavy atom. The normalized spacial score (nSPS) is 9.71. The van der Waals surface area contributed by atoms with Crippen LogP contribution in [0.4, 0.5) is 11.4 Å². The summed E-state index contributed by atoms with van der Waals surface area (Å²) >= 11 is 0. The van der Waals surface area contributed by atoms with Crippen molar-refractivity contribution in [2.45, 2.75) is 6.92 Å². The van der Waals surface area contributed by atoms with Gasteiger partial charge in [0, 0.05) is 23.4 Å². The molecular formula is C15H11N3O3. The van der Waals surface area contributed by atoms with Crippen molar-refractivity contribution in [1.82, 2.24) is 0 Å². The fourth-order valence-corrected chi connectivity index (χ4v) is 1.78. The van der Waals surface area contributed by atoms with Gasteiger partial charge in [-0.25, -0.2) is 0 Å². The minimum absolute atomic E-state index is 0.148. The van der Waals surface area contributed by atoms with E-state index in [2.05, 4.69) is 5.32 Å². The number of nitro groups is 1. The van der Waals surface area contributed by atoms with Gasteiger partial charge in [0.2, 0.25) is 0 Å². The Hall–Kier alpha value is -3.20. The van der Waals surface area contributed by atoms with Gasteiger partial charge >= 0.3 is 0 Å². The van der Waals surface area contributed by atoms with Crippen LogP contribution in [-0.4, -0.2) is 10.8 Å². The third-order valence-corrected chi connectivity index (χ3v) is 2.93. The Morgan fingerprint density at radius 2 is 2.05 bits per heavy atom. The average Bonchev–Trinajstić information content (AvgIpc) is 2.49. The van der Waals surface area contributed by atoms with E-state index in [1.54, 1.807) is 25.1 Å². The molecule has 0 aromatic heterocycles. The first-order chi connectivity index (χ1) is 10.0. The second-order valence-electron chi connectivity index (χ2n) is 4.40. The maximum absolute atomic E-state index is 12.1. The third kappa shape index (κ3) is 3.22. The third-order valence-electron chi connectivity index (χ3n) is 2.93. The molecule has 1 amide bonds. The molecule has 1 N–H and O–H groups in total. The predicted octanol–water partition coefficient (Wildman–Crippen LogP) is 3.03. The van der Waals surface area contributed by atoms with E-state index in [0.717, 1.165) is 5.56 Å². The lowest BCUT2D eigenvalue weighted by Gasteiger charge is -2.08. The molecule has 0 spiro atoms. The maximum Gasteiger partial charge on any atom is 0.270 e. The quantitative estimate of drug-likeness (QED) is 0.690. The SMILES string of the molecule is Cc1ccc(C#N)cc1NC(=O)c1cccc([N+](=O)[O-])c1. The van der Waals surface area contributed by atoms with E-state index in [4.69, 9.17) is 5.26 Å². The van der Waals surface area contributed by atoms with Gasteiger partial charge in [-0.3, -0.25) is 14.9 Å². The van der Waals surface area contributed by atoms with E-state index < -0.39 is 10.8 Å². The molecule has 0 aliphatic carbocycles. The molecule has 6 heteroatoms. The summed E-state index contributed by atoms with van der Waals surface area (Å²) in [6, 6.07) is 12.4. The summed E-state index contributed by atoms with van der Waals surface area (Å²) < 4.78 is 0. The van der Waals surface area contributed by atoms with Gasteiger partial charge < -0.3 is 5.32 Å². The van der Waals surface area contributed by atoms with Crippen LogP contribution < -0.4 is 5.32 Å². The maximum atomic E-state index is 12.1. The Labute approximate surface area is 120 Å². The highest BCUT2D eigenvalue weighted by molar-refractivity contribution is 6.05. The second kappa shape index (κ2) is 5.84. The summed E-state index contributed by atoms with van der Waals surface area (Å²) in [4.78, 5) is 22.3. The monoisotopic (exact) mass is 281 g/mol. The molecule has 2 aromatic rings. The fraction of sp³-hybridized carbons (Fsp3) is 0.0667. The van der Waals surface area contributed by atoms with Crippen LogP contribution in [0.2, 0.25) is 0 Å². The topological polar surface area (TPSA) is 96.0 Å². The van der Waals surface area contributed by atoms with Crippen molar-refractivity contribution in [2.24, 2.45) is 0 Å². The Kier molecular flexibility index (Phi) is 3.95. The lowest BCUT2D eigenvalue weighted by molar-refractivity contribution is -0.384. The number of carbonyl (C=O) groups is 1. The van der Waals surface area contributed by atoms with E-state index in [9.17, 15) is 14.9 Å². The number of aryl methyl sites for hydroxylation is 1. The van der Waals surface area contributed by atoms with Crippen molar-refractivity contribution in [1.29, 1.82) is 5.26 Å². The van der Waals surface area contributed by atoms with Crippen LogP contribution in [0.15, 0.2) is 42.5 Å². The number of non-ortho nitro benzene ring substituents is 1. The van der Waals surface area contributed by atoms with Crippen LogP contribution in [-0.2, 0) is 0 Å². The summed E-state index contributed by atoms with van der Waals surface area (Å²) in [6.45, 7) is 1.80. The molecule has 0 saturated heterocycles. The first kappa shape index (κ1) is 14.2. The molecule has 0 atom stereocenters. The molecule has 0 aliphatic heterocycles. The van der Waals surface area contributed by atoms with Gasteiger partial charge in [0.15, 0.2) is 0 Å². The number of rotatable bonds is 3. The van der Waals surface area contributed by atoms with E-state index in [0.29, 0.717) is 11.3 Å². The Balaban J connectivity index is 2.28. The first-order valence-corrected chi connectivity index (χ1v) is 6.08. The number of carbonyl (C=O) groups excluding carboxylic acids is 1. The number of nitrogens with one attached hydrogen (secondary N) is 1. The number of hydrogen-bond donors (Lipinski definition) is 1. The van der Waals surface area contributed by atoms with Gasteiger partial charge in [0.1, 0.15) is 0 Å². The molecule has 2 rings (SSSR count). The number of amides is 1. The van der Waals surface area contributed by atoms with Gasteiger partial charge in [0.05, 0.1) is 16.6 Å². The number of hydrogen-bond acceptors (Lipinski definition) is 4. The molecule has 104 valence electrons. The smallest absolute Gasteiger partial charge is 0.270 e. The number of nitriles is 1. The van der Waals surface area contributed by atoms with E-state index in [-0.39, 0.29) is 11.3 Å². The lowest BCUT2D eigenvalue weighted by atomic mass is 10.1. The van der Waals surface area contributed by atoms with Gasteiger partial charge in [-0.1, -0.05) is 12.1 Å². The van der Waals surface area contributed by atoms with E-state index in [1.165, 1.54) is 24.3 Å². The zero-order valence-electron chi connectivity index (χ0n) is 11.2. The summed E-state index contributed by atoms with van der Waals surface area (Å²) in [7, 11) is 0. The fourth-order valence-electron chi connectivity index (χ4n) is 1.78. The molecule has 0 aliphatic rings. The van der Waals surface area contributed by atoms with Crippen molar-refractivity contribution < 1.29 is 9.72 Å². The number of benzene rings is 2. The average molecular weight is 281 g/mol. The van der Waals surface area contributed by atoms with Gasteiger partial charge in [-0.15, -0.1) is 0 Å². The molecule has 0 radical (unpaired) electrons. The highest BCUT2D eigenvalue weighted by Gasteiger charge is 2.12. The van der Waals surface area contributed by atoms with Gasteiger partial charge in [-0.2, -0.15) is 5.26 Å². The van der Waals surface area contributed by atoms with Crippen molar-refractivity contribution in [3.8, 4) is 6.07 Å². The minimum Gasteiger partial charge on any atom is -0.322 e.